The predicted octanol–water partition coefficient (Wildman–Crippen LogP) is 17.0. The highest BCUT2D eigenvalue weighted by Gasteiger charge is 2.74. The lowest BCUT2D eigenvalue weighted by Gasteiger charge is -2.72. The number of fused-ring (bicyclic) bond motifs is 14. The van der Waals surface area contributed by atoms with E-state index in [0.717, 1.165) is 121 Å². The lowest BCUT2D eigenvalue weighted by Crippen LogP contribution is -2.66. The molecule has 12 aliphatic rings. The maximum atomic E-state index is 13.2. The summed E-state index contributed by atoms with van der Waals surface area (Å²) in [7, 11) is 1.36. The molecular weight excluding hydrogens is 1260 g/mol. The molecule has 12 rings (SSSR count). The molecule has 10 aliphatic carbocycles. The number of hydrogen-bond acceptors (Lipinski definition) is 11. The van der Waals surface area contributed by atoms with Crippen LogP contribution in [0.2, 0.25) is 0 Å². The summed E-state index contributed by atoms with van der Waals surface area (Å²) in [5.41, 5.74) is 3.37. The van der Waals surface area contributed by atoms with E-state index in [0.29, 0.717) is 96.3 Å². The molecule has 0 amide bonds. The summed E-state index contributed by atoms with van der Waals surface area (Å²) in [6, 6.07) is 0. The van der Waals surface area contributed by atoms with Crippen LogP contribution in [0.3, 0.4) is 0 Å². The fourth-order valence-corrected chi connectivity index (χ4v) is 27.1. The van der Waals surface area contributed by atoms with Gasteiger partial charge in [0.1, 0.15) is 12.2 Å². The van der Waals surface area contributed by atoms with Gasteiger partial charge < -0.3 is 40.2 Å². The Morgan fingerprint density at radius 3 is 1.23 bits per heavy atom. The van der Waals surface area contributed by atoms with Gasteiger partial charge >= 0.3 is 35.8 Å². The molecule has 101 heavy (non-hydrogen) atoms. The van der Waals surface area contributed by atoms with Crippen LogP contribution in [0, 0.1) is 148 Å². The topological polar surface area (TPSA) is 215 Å². The number of methoxy groups -OCH3 is 1. The van der Waals surface area contributed by atoms with Gasteiger partial charge in [-0.2, -0.15) is 0 Å². The quantitative estimate of drug-likeness (QED) is 0.0532. The molecule has 0 saturated heterocycles. The van der Waals surface area contributed by atoms with Crippen molar-refractivity contribution in [3.8, 4) is 23.7 Å². The lowest BCUT2D eigenvalue weighted by atomic mass is 9.32. The van der Waals surface area contributed by atoms with Crippen molar-refractivity contribution >= 4 is 35.8 Å². The minimum Gasteiger partial charge on any atom is -0.481 e. The molecule has 0 aromatic rings. The van der Waals surface area contributed by atoms with Crippen LogP contribution in [-0.2, 0) is 43.0 Å². The van der Waals surface area contributed by atoms with Crippen molar-refractivity contribution < 1.29 is 58.3 Å². The molecule has 20 atom stereocenters. The van der Waals surface area contributed by atoms with Crippen LogP contribution in [0.4, 0.5) is 0 Å². The number of hydrogen-bond donors (Lipinski definition) is 5. The third-order valence-corrected chi connectivity index (χ3v) is 32.9. The molecule has 10 saturated carbocycles. The van der Waals surface area contributed by atoms with Crippen LogP contribution in [0.5, 0.6) is 0 Å². The van der Waals surface area contributed by atoms with Gasteiger partial charge in [0.2, 0.25) is 0 Å². The van der Waals surface area contributed by atoms with E-state index in [4.69, 9.17) is 14.2 Å². The first-order chi connectivity index (χ1) is 47.0. The minimum absolute atomic E-state index is 0.0162. The second-order valence-electron chi connectivity index (χ2n) is 39.2. The van der Waals surface area contributed by atoms with Crippen LogP contribution in [0.25, 0.3) is 0 Å². The fourth-order valence-electron chi connectivity index (χ4n) is 27.1. The number of rotatable bonds is 12. The van der Waals surface area contributed by atoms with E-state index in [9.17, 15) is 44.1 Å². The molecule has 2 heterocycles. The van der Waals surface area contributed by atoms with Crippen LogP contribution >= 0.6 is 0 Å². The maximum Gasteiger partial charge on any atom is 0.333 e. The molecule has 5 N–H and O–H groups in total. The number of aliphatic carboxylic acids is 3. The van der Waals surface area contributed by atoms with Crippen molar-refractivity contribution in [3.63, 3.8) is 0 Å². The second kappa shape index (κ2) is 27.0. The second-order valence-corrected chi connectivity index (χ2v) is 39.2. The Hall–Kier alpha value is -5.18. The zero-order valence-electron chi connectivity index (χ0n) is 65.2. The molecular formula is C87H128N2O12. The van der Waals surface area contributed by atoms with Crippen molar-refractivity contribution in [3.05, 3.63) is 46.6 Å². The van der Waals surface area contributed by atoms with E-state index in [-0.39, 0.29) is 85.2 Å². The van der Waals surface area contributed by atoms with Crippen molar-refractivity contribution in [2.45, 2.75) is 277 Å². The largest absolute Gasteiger partial charge is 0.481 e. The SMILES string of the molecule is C=C(C)[C@@H]1CC[C@]2(C#CC3=C(C(=O)O)CNCC3)CC[C@]3(C)C(CCC4[C@@]5(C)CC[C@H](OC(=O)CC(C)(C)C(=O)O)C(C)(C)C5CC[C@]43C)C12.C=C(C)[C@@H]1CC[C@]2(C#CC3=C(C(=O)O)CNCC3)CC[C@]3(C)C(CCC4[C@@]5(C)CC[C@H](OC(=O)CC(C)(C)C(=O)OC)C(C)(C)C5CC[C@]43C)C12. The van der Waals surface area contributed by atoms with E-state index in [2.05, 4.69) is 131 Å². The third-order valence-electron chi connectivity index (χ3n) is 32.9. The summed E-state index contributed by atoms with van der Waals surface area (Å²) in [5, 5.41) is 35.8. The Balaban J connectivity index is 0.000000203. The highest BCUT2D eigenvalue weighted by atomic mass is 16.6. The van der Waals surface area contributed by atoms with Gasteiger partial charge in [-0.25, -0.2) is 9.59 Å². The normalized spacial score (nSPS) is 41.8. The number of carbonyl (C=O) groups excluding carboxylic acids is 3. The van der Waals surface area contributed by atoms with Crippen LogP contribution < -0.4 is 10.6 Å². The van der Waals surface area contributed by atoms with E-state index in [1.807, 2.05) is 0 Å². The molecule has 0 bridgehead atoms. The first-order valence-electron chi connectivity index (χ1n) is 39.4. The lowest BCUT2D eigenvalue weighted by molar-refractivity contribution is -0.247. The fraction of sp³-hybridized carbons (Fsp3) is 0.793. The smallest absolute Gasteiger partial charge is 0.333 e. The predicted molar refractivity (Wildman–Crippen MR) is 394 cm³/mol. The number of ether oxygens (including phenoxy) is 3. The van der Waals surface area contributed by atoms with Gasteiger partial charge in [0.15, 0.2) is 0 Å². The number of carboxylic acid groups (broad SMARTS) is 3. The first-order valence-corrected chi connectivity index (χ1v) is 39.4. The molecule has 0 aromatic heterocycles. The monoisotopic (exact) mass is 1390 g/mol. The standard InChI is InChI=1S/C44H65NO6.C43H63NO6/c1-27(2)29-14-21-44(20-13-28-17-24-45-26-30(28)37(47)48)23-22-42(8)31(36(29)44)11-12-33-41(7)18-16-34(40(5,6)32(41)15-19-43(33,42)9)51-35(46)25-39(3,4)38(49)50-10;1-26(2)28-13-20-43(19-12-27-16-23-44-25-29(27)36(46)47)22-21-41(8)30(35(28)43)10-11-32-40(7)17-15-33(50-34(45)24-38(3,4)37(48)49)39(5,6)31(40)14-18-42(32,41)9/h29,31-34,36,45H,1,11-12,14-19,21-26H2,2-10H3,(H,47,48);28,30-33,35,44H,1,10-11,13-18,20-25H2,2-9H3,(H,46,47)(H,48,49)/t29-,31?,32?,33?,34-,36?,41-,42+,43+,44+;28-,30?,31?,32?,33-,35?,40-,41+,42+,43+/m00/s1. The van der Waals surface area contributed by atoms with Crippen LogP contribution in [0.15, 0.2) is 46.6 Å². The van der Waals surface area contributed by atoms with E-state index < -0.39 is 40.7 Å². The summed E-state index contributed by atoms with van der Waals surface area (Å²) in [5.74, 6) is 15.9. The Morgan fingerprint density at radius 1 is 0.485 bits per heavy atom. The van der Waals surface area contributed by atoms with Crippen LogP contribution in [0.1, 0.15) is 265 Å². The maximum absolute atomic E-state index is 13.2. The number of esters is 3. The van der Waals surface area contributed by atoms with Gasteiger partial charge in [-0.3, -0.25) is 19.2 Å². The Morgan fingerprint density at radius 2 is 0.871 bits per heavy atom. The Bertz CT molecular complexity index is 3560. The highest BCUT2D eigenvalue weighted by Crippen LogP contribution is 2.80. The van der Waals surface area contributed by atoms with E-state index >= 15 is 0 Å². The molecule has 0 radical (unpaired) electrons. The van der Waals surface area contributed by atoms with Crippen molar-refractivity contribution in [2.75, 3.05) is 33.3 Å². The average Bonchev–Trinajstić information content (AvgIpc) is 1.61. The summed E-state index contributed by atoms with van der Waals surface area (Å²) in [6.45, 7) is 47.4. The van der Waals surface area contributed by atoms with Gasteiger partial charge in [0, 0.05) is 59.0 Å². The van der Waals surface area contributed by atoms with E-state index in [1.165, 1.54) is 50.4 Å². The highest BCUT2D eigenvalue weighted by molar-refractivity contribution is 5.90. The van der Waals surface area contributed by atoms with Gasteiger partial charge in [-0.15, -0.1) is 0 Å². The number of carboxylic acids is 3. The van der Waals surface area contributed by atoms with Gasteiger partial charge in [0.05, 0.1) is 41.9 Å². The van der Waals surface area contributed by atoms with Gasteiger partial charge in [0.25, 0.3) is 0 Å². The zero-order valence-corrected chi connectivity index (χ0v) is 65.2. The van der Waals surface area contributed by atoms with E-state index in [1.54, 1.807) is 27.7 Å². The van der Waals surface area contributed by atoms with Gasteiger partial charge in [-0.1, -0.05) is 117 Å². The average molecular weight is 1390 g/mol. The molecule has 2 aliphatic heterocycles. The minimum atomic E-state index is -1.15. The van der Waals surface area contributed by atoms with Gasteiger partial charge in [-0.05, 0) is 274 Å². The molecule has 14 heteroatoms. The molecule has 0 spiro atoms. The number of carbonyl (C=O) groups is 6. The molecule has 558 valence electrons. The summed E-state index contributed by atoms with van der Waals surface area (Å²) >= 11 is 0. The Kier molecular flexibility index (Phi) is 20.6. The summed E-state index contributed by atoms with van der Waals surface area (Å²) < 4.78 is 17.4. The molecule has 0 aromatic carbocycles. The summed E-state index contributed by atoms with van der Waals surface area (Å²) in [4.78, 5) is 74.5. The third kappa shape index (κ3) is 12.6. The van der Waals surface area contributed by atoms with Crippen molar-refractivity contribution in [2.24, 2.45) is 124 Å². The zero-order chi connectivity index (χ0) is 74.0. The van der Waals surface area contributed by atoms with Crippen LogP contribution in [-0.4, -0.2) is 96.6 Å². The number of nitrogens with one attached hydrogen (secondary N) is 2. The number of allylic oxidation sites excluding steroid dienone is 2. The first kappa shape index (κ1) is 76.9. The molecule has 10 fully saturated rings. The van der Waals surface area contributed by atoms with Crippen molar-refractivity contribution in [1.29, 1.82) is 0 Å². The van der Waals surface area contributed by atoms with Crippen molar-refractivity contribution in [1.82, 2.24) is 10.6 Å². The molecule has 14 nitrogen and oxygen atoms in total. The summed E-state index contributed by atoms with van der Waals surface area (Å²) in [6.07, 6.45) is 22.8. The Labute approximate surface area is 606 Å². The molecule has 8 unspecified atom stereocenters.